The van der Waals surface area contributed by atoms with Gasteiger partial charge in [-0.15, -0.1) is 22.7 Å². The van der Waals surface area contributed by atoms with Crippen molar-refractivity contribution in [2.24, 2.45) is 5.14 Å². The minimum absolute atomic E-state index is 0.0844. The smallest absolute Gasteiger partial charge is 0.261 e. The average Bonchev–Trinajstić information content (AvgIpc) is 3.19. The summed E-state index contributed by atoms with van der Waals surface area (Å²) in [7, 11) is -3.68. The molecule has 0 radical (unpaired) electrons. The molecule has 27 heavy (non-hydrogen) atoms. The van der Waals surface area contributed by atoms with E-state index >= 15 is 0 Å². The van der Waals surface area contributed by atoms with E-state index in [-0.39, 0.29) is 10.8 Å². The van der Waals surface area contributed by atoms with Crippen LogP contribution in [0.25, 0.3) is 19.5 Å². The Balaban J connectivity index is 1.41. The molecule has 2 heterocycles. The quantitative estimate of drug-likeness (QED) is 0.519. The second kappa shape index (κ2) is 7.05. The Hall–Kier alpha value is -2.26. The molecule has 5 nitrogen and oxygen atoms in total. The third kappa shape index (κ3) is 3.74. The van der Waals surface area contributed by atoms with Crippen molar-refractivity contribution in [2.45, 2.75) is 11.3 Å². The van der Waals surface area contributed by atoms with E-state index in [1.165, 1.54) is 33.6 Å². The number of hydrogen-bond acceptors (Lipinski definition) is 5. The second-order valence-corrected chi connectivity index (χ2v) is 9.79. The van der Waals surface area contributed by atoms with Gasteiger partial charge in [0, 0.05) is 21.3 Å². The molecule has 4 rings (SSSR count). The lowest BCUT2D eigenvalue weighted by atomic mass is 10.1. The van der Waals surface area contributed by atoms with E-state index in [1.807, 2.05) is 18.2 Å². The Morgan fingerprint density at radius 2 is 1.74 bits per heavy atom. The highest BCUT2D eigenvalue weighted by Gasteiger charge is 2.14. The maximum absolute atomic E-state index is 12.4. The summed E-state index contributed by atoms with van der Waals surface area (Å²) in [6, 6.07) is 16.5. The van der Waals surface area contributed by atoms with Gasteiger partial charge in [-0.05, 0) is 36.2 Å². The van der Waals surface area contributed by atoms with Crippen LogP contribution < -0.4 is 10.5 Å². The number of hydrogen-bond donors (Lipinski definition) is 2. The standard InChI is InChI=1S/C19H16N2O3S3/c20-27(23,24)13-7-5-12(6-8-13)9-10-21-19(22)17-11-16-18(26-17)14-3-1-2-4-15(14)25-16/h1-8,11H,9-10H2,(H,21,22)(H2,20,23,24). The zero-order chi connectivity index (χ0) is 19.0. The van der Waals surface area contributed by atoms with Crippen LogP contribution in [0.2, 0.25) is 0 Å². The zero-order valence-corrected chi connectivity index (χ0v) is 16.6. The molecule has 8 heteroatoms. The molecule has 0 fully saturated rings. The number of carbonyl (C=O) groups excluding carboxylic acids is 1. The number of rotatable bonds is 5. The first kappa shape index (κ1) is 18.1. The highest BCUT2D eigenvalue weighted by molar-refractivity contribution is 7.89. The molecule has 2 aromatic heterocycles. The molecular formula is C19H16N2O3S3. The van der Waals surface area contributed by atoms with Gasteiger partial charge in [-0.3, -0.25) is 4.79 Å². The summed E-state index contributed by atoms with van der Waals surface area (Å²) >= 11 is 3.21. The van der Waals surface area contributed by atoms with Crippen molar-refractivity contribution in [1.82, 2.24) is 5.32 Å². The molecule has 0 aliphatic carbocycles. The molecule has 0 atom stereocenters. The SMILES string of the molecule is NS(=O)(=O)c1ccc(CCNC(=O)c2cc3sc4ccccc4c3s2)cc1. The van der Waals surface area contributed by atoms with Crippen molar-refractivity contribution < 1.29 is 13.2 Å². The lowest BCUT2D eigenvalue weighted by Crippen LogP contribution is -2.24. The molecule has 2 aromatic carbocycles. The molecule has 0 aliphatic heterocycles. The number of nitrogens with one attached hydrogen (secondary N) is 1. The molecule has 0 aliphatic rings. The lowest BCUT2D eigenvalue weighted by Gasteiger charge is -2.05. The zero-order valence-electron chi connectivity index (χ0n) is 14.1. The van der Waals surface area contributed by atoms with Crippen molar-refractivity contribution in [1.29, 1.82) is 0 Å². The normalized spacial score (nSPS) is 11.9. The first-order valence-electron chi connectivity index (χ1n) is 8.23. The Labute approximate surface area is 164 Å². The van der Waals surface area contributed by atoms with Crippen LogP contribution in [0.1, 0.15) is 15.2 Å². The number of thiophene rings is 2. The fourth-order valence-corrected chi connectivity index (χ4v) is 5.82. The van der Waals surface area contributed by atoms with Gasteiger partial charge in [0.25, 0.3) is 5.91 Å². The largest absolute Gasteiger partial charge is 0.351 e. The monoisotopic (exact) mass is 416 g/mol. The molecule has 3 N–H and O–H groups in total. The van der Waals surface area contributed by atoms with Gasteiger partial charge in [0.2, 0.25) is 10.0 Å². The summed E-state index contributed by atoms with van der Waals surface area (Å²) in [6.45, 7) is 0.472. The predicted octanol–water partition coefficient (Wildman–Crippen LogP) is 3.74. The Kier molecular flexibility index (Phi) is 4.73. The van der Waals surface area contributed by atoms with Gasteiger partial charge < -0.3 is 5.32 Å². The van der Waals surface area contributed by atoms with E-state index in [0.717, 1.165) is 15.0 Å². The minimum Gasteiger partial charge on any atom is -0.351 e. The Morgan fingerprint density at radius 3 is 2.48 bits per heavy atom. The van der Waals surface area contributed by atoms with Crippen LogP contribution in [-0.2, 0) is 16.4 Å². The molecule has 0 spiro atoms. The highest BCUT2D eigenvalue weighted by atomic mass is 32.2. The van der Waals surface area contributed by atoms with Crippen molar-refractivity contribution in [3.63, 3.8) is 0 Å². The Morgan fingerprint density at radius 1 is 1.00 bits per heavy atom. The number of fused-ring (bicyclic) bond motifs is 3. The molecular weight excluding hydrogens is 400 g/mol. The van der Waals surface area contributed by atoms with Gasteiger partial charge in [0.15, 0.2) is 0 Å². The summed E-state index contributed by atoms with van der Waals surface area (Å²) in [6.07, 6.45) is 0.610. The molecule has 0 saturated carbocycles. The van der Waals surface area contributed by atoms with Crippen LogP contribution in [0, 0.1) is 0 Å². The van der Waals surface area contributed by atoms with Gasteiger partial charge in [-0.25, -0.2) is 13.6 Å². The molecule has 1 amide bonds. The van der Waals surface area contributed by atoms with Crippen LogP contribution in [0.5, 0.6) is 0 Å². The van der Waals surface area contributed by atoms with E-state index < -0.39 is 10.0 Å². The lowest BCUT2D eigenvalue weighted by molar-refractivity contribution is 0.0958. The predicted molar refractivity (Wildman–Crippen MR) is 111 cm³/mol. The average molecular weight is 417 g/mol. The van der Waals surface area contributed by atoms with Crippen molar-refractivity contribution in [3.05, 3.63) is 65.0 Å². The fraction of sp³-hybridized carbons (Fsp3) is 0.105. The number of carbonyl (C=O) groups is 1. The minimum atomic E-state index is -3.68. The van der Waals surface area contributed by atoms with Gasteiger partial charge in [-0.2, -0.15) is 0 Å². The first-order valence-corrected chi connectivity index (χ1v) is 11.4. The van der Waals surface area contributed by atoms with Crippen molar-refractivity contribution in [3.8, 4) is 0 Å². The molecule has 0 bridgehead atoms. The van der Waals surface area contributed by atoms with E-state index in [1.54, 1.807) is 23.5 Å². The summed E-state index contributed by atoms with van der Waals surface area (Å²) in [4.78, 5) is 13.2. The van der Waals surface area contributed by atoms with Crippen molar-refractivity contribution in [2.75, 3.05) is 6.54 Å². The summed E-state index contributed by atoms with van der Waals surface area (Å²) < 4.78 is 26.0. The van der Waals surface area contributed by atoms with Gasteiger partial charge in [0.1, 0.15) is 0 Å². The highest BCUT2D eigenvalue weighted by Crippen LogP contribution is 2.39. The van der Waals surface area contributed by atoms with Crippen LogP contribution in [0.15, 0.2) is 59.5 Å². The van der Waals surface area contributed by atoms with E-state index in [0.29, 0.717) is 17.8 Å². The number of primary sulfonamides is 1. The summed E-state index contributed by atoms with van der Waals surface area (Å²) in [5, 5.41) is 9.20. The van der Waals surface area contributed by atoms with Gasteiger partial charge >= 0.3 is 0 Å². The van der Waals surface area contributed by atoms with Gasteiger partial charge in [0.05, 0.1) is 14.5 Å². The maximum Gasteiger partial charge on any atom is 0.261 e. The van der Waals surface area contributed by atoms with Crippen LogP contribution in [-0.4, -0.2) is 20.9 Å². The van der Waals surface area contributed by atoms with Crippen LogP contribution in [0.4, 0.5) is 0 Å². The molecule has 0 saturated heterocycles. The third-order valence-corrected chi connectivity index (χ3v) is 7.57. The molecule has 4 aromatic rings. The summed E-state index contributed by atoms with van der Waals surface area (Å²) in [5.41, 5.74) is 0.931. The maximum atomic E-state index is 12.4. The van der Waals surface area contributed by atoms with E-state index in [4.69, 9.17) is 5.14 Å². The molecule has 0 unspecified atom stereocenters. The van der Waals surface area contributed by atoms with E-state index in [9.17, 15) is 13.2 Å². The van der Waals surface area contributed by atoms with E-state index in [2.05, 4.69) is 17.4 Å². The fourth-order valence-electron chi connectivity index (χ4n) is 2.86. The van der Waals surface area contributed by atoms with Gasteiger partial charge in [-0.1, -0.05) is 30.3 Å². The Bertz CT molecular complexity index is 1240. The van der Waals surface area contributed by atoms with Crippen LogP contribution in [0.3, 0.4) is 0 Å². The topological polar surface area (TPSA) is 89.3 Å². The number of benzene rings is 2. The third-order valence-electron chi connectivity index (χ3n) is 4.22. The second-order valence-electron chi connectivity index (χ2n) is 6.10. The first-order chi connectivity index (χ1) is 12.9. The van der Waals surface area contributed by atoms with Crippen molar-refractivity contribution >= 4 is 58.1 Å². The molecule has 138 valence electrons. The summed E-state index contributed by atoms with van der Waals surface area (Å²) in [5.74, 6) is -0.0892. The van der Waals surface area contributed by atoms with Crippen LogP contribution >= 0.6 is 22.7 Å². The number of sulfonamides is 1. The number of nitrogens with two attached hydrogens (primary N) is 1. The number of amides is 1.